The zero-order valence-corrected chi connectivity index (χ0v) is 11.4. The average Bonchev–Trinajstić information content (AvgIpc) is 3.04. The number of rotatable bonds is 2. The summed E-state index contributed by atoms with van der Waals surface area (Å²) in [5.41, 5.74) is 0.639. The highest BCUT2D eigenvalue weighted by Crippen LogP contribution is 2.33. The summed E-state index contributed by atoms with van der Waals surface area (Å²) in [6.07, 6.45) is -0.304. The van der Waals surface area contributed by atoms with Gasteiger partial charge in [0.05, 0.1) is 12.1 Å². The zero-order valence-electron chi connectivity index (χ0n) is 11.4. The molecule has 1 N–H and O–H groups in total. The number of carbonyl (C=O) groups excluding carboxylic acids is 1. The van der Waals surface area contributed by atoms with Crippen LogP contribution < -0.4 is 0 Å². The minimum Gasteiger partial charge on any atom is -0.391 e. The average molecular weight is 291 g/mol. The van der Waals surface area contributed by atoms with Crippen molar-refractivity contribution in [2.75, 3.05) is 6.54 Å². The summed E-state index contributed by atoms with van der Waals surface area (Å²) in [4.78, 5) is 17.8. The van der Waals surface area contributed by atoms with Crippen LogP contribution in [0.2, 0.25) is 0 Å². The summed E-state index contributed by atoms with van der Waals surface area (Å²) in [7, 11) is 0. The first-order chi connectivity index (χ1) is 10.0. The van der Waals surface area contributed by atoms with E-state index >= 15 is 0 Å². The predicted molar refractivity (Wildman–Crippen MR) is 69.8 cm³/mol. The Labute approximate surface area is 120 Å². The molecule has 3 rings (SSSR count). The van der Waals surface area contributed by atoms with Crippen molar-refractivity contribution >= 4 is 5.91 Å². The molecule has 1 aliphatic rings. The monoisotopic (exact) mass is 291 g/mol. The second-order valence-corrected chi connectivity index (χ2v) is 5.05. The number of carbonyl (C=O) groups is 1. The molecule has 0 unspecified atom stereocenters. The van der Waals surface area contributed by atoms with Crippen molar-refractivity contribution < 1.29 is 18.8 Å². The van der Waals surface area contributed by atoms with Crippen LogP contribution in [0.4, 0.5) is 4.39 Å². The molecule has 1 aliphatic heterocycles. The van der Waals surface area contributed by atoms with Crippen LogP contribution >= 0.6 is 0 Å². The third-order valence-corrected chi connectivity index (χ3v) is 3.49. The van der Waals surface area contributed by atoms with Crippen LogP contribution in [0.25, 0.3) is 0 Å². The Hall–Kier alpha value is -2.28. The molecule has 21 heavy (non-hydrogen) atoms. The normalized spacial score (nSPS) is 21.8. The molecule has 0 saturated carbocycles. The Morgan fingerprint density at radius 1 is 1.52 bits per heavy atom. The summed E-state index contributed by atoms with van der Waals surface area (Å²) < 4.78 is 18.2. The van der Waals surface area contributed by atoms with Crippen molar-refractivity contribution in [1.29, 1.82) is 0 Å². The van der Waals surface area contributed by atoms with Gasteiger partial charge in [0, 0.05) is 13.5 Å². The first-order valence-corrected chi connectivity index (χ1v) is 6.59. The fourth-order valence-corrected chi connectivity index (χ4v) is 2.58. The van der Waals surface area contributed by atoms with Crippen molar-refractivity contribution in [3.8, 4) is 0 Å². The van der Waals surface area contributed by atoms with E-state index in [-0.39, 0.29) is 18.2 Å². The predicted octanol–water partition coefficient (Wildman–Crippen LogP) is 1.47. The lowest BCUT2D eigenvalue weighted by Gasteiger charge is -2.23. The number of hydrogen-bond acceptors (Lipinski definition) is 5. The Bertz CT molecular complexity index is 673. The highest BCUT2D eigenvalue weighted by atomic mass is 19.1. The van der Waals surface area contributed by atoms with Crippen LogP contribution in [0.1, 0.15) is 34.5 Å². The molecule has 0 radical (unpaired) electrons. The summed E-state index contributed by atoms with van der Waals surface area (Å²) in [6.45, 7) is 1.75. The summed E-state index contributed by atoms with van der Waals surface area (Å²) in [6, 6.07) is 5.61. The Morgan fingerprint density at radius 3 is 3.00 bits per heavy atom. The van der Waals surface area contributed by atoms with Crippen LogP contribution in [-0.4, -0.2) is 38.7 Å². The minimum atomic E-state index is -0.657. The van der Waals surface area contributed by atoms with E-state index in [1.165, 1.54) is 17.0 Å². The molecule has 1 saturated heterocycles. The van der Waals surface area contributed by atoms with Crippen LogP contribution in [0.15, 0.2) is 28.8 Å². The van der Waals surface area contributed by atoms with Gasteiger partial charge in [0.15, 0.2) is 0 Å². The first kappa shape index (κ1) is 13.7. The Balaban J connectivity index is 1.91. The van der Waals surface area contributed by atoms with E-state index < -0.39 is 18.1 Å². The van der Waals surface area contributed by atoms with E-state index in [1.54, 1.807) is 19.1 Å². The quantitative estimate of drug-likeness (QED) is 0.906. The molecule has 1 fully saturated rings. The maximum atomic E-state index is 13.4. The number of aliphatic hydroxyl groups excluding tert-OH is 1. The molecule has 1 aromatic heterocycles. The van der Waals surface area contributed by atoms with E-state index in [0.717, 1.165) is 0 Å². The van der Waals surface area contributed by atoms with Crippen molar-refractivity contribution in [2.45, 2.75) is 25.5 Å². The molecule has 2 aromatic rings. The van der Waals surface area contributed by atoms with Crippen molar-refractivity contribution in [3.05, 3.63) is 47.4 Å². The number of hydrogen-bond donors (Lipinski definition) is 1. The molecule has 2 heterocycles. The van der Waals surface area contributed by atoms with Gasteiger partial charge in [0.2, 0.25) is 5.89 Å². The van der Waals surface area contributed by atoms with E-state index in [2.05, 4.69) is 10.1 Å². The number of aliphatic hydroxyl groups is 1. The van der Waals surface area contributed by atoms with Gasteiger partial charge in [-0.05, 0) is 24.1 Å². The number of β-amino-alcohol motifs (C(OH)–C–C–N with tert-alkyl or cyclic N) is 1. The molecule has 6 nitrogen and oxygen atoms in total. The molecule has 0 bridgehead atoms. The van der Waals surface area contributed by atoms with Crippen LogP contribution in [0.3, 0.4) is 0 Å². The van der Waals surface area contributed by atoms with E-state index in [0.29, 0.717) is 17.9 Å². The van der Waals surface area contributed by atoms with E-state index in [9.17, 15) is 14.3 Å². The van der Waals surface area contributed by atoms with Gasteiger partial charge in [-0.3, -0.25) is 4.79 Å². The maximum absolute atomic E-state index is 13.4. The first-order valence-electron chi connectivity index (χ1n) is 6.59. The minimum absolute atomic E-state index is 0.0528. The second-order valence-electron chi connectivity index (χ2n) is 5.05. The van der Waals surface area contributed by atoms with Gasteiger partial charge >= 0.3 is 0 Å². The summed E-state index contributed by atoms with van der Waals surface area (Å²) >= 11 is 0. The topological polar surface area (TPSA) is 79.5 Å². The van der Waals surface area contributed by atoms with Gasteiger partial charge in [-0.25, -0.2) is 4.39 Å². The van der Waals surface area contributed by atoms with Gasteiger partial charge in [-0.1, -0.05) is 17.3 Å². The molecular formula is C14H14FN3O3. The van der Waals surface area contributed by atoms with Gasteiger partial charge in [-0.2, -0.15) is 4.98 Å². The third kappa shape index (κ3) is 2.64. The Kier molecular flexibility index (Phi) is 3.42. The highest BCUT2D eigenvalue weighted by molar-refractivity contribution is 5.90. The number of benzene rings is 1. The van der Waals surface area contributed by atoms with Crippen molar-refractivity contribution in [2.24, 2.45) is 0 Å². The molecule has 2 atom stereocenters. The number of aryl methyl sites for hydroxylation is 1. The van der Waals surface area contributed by atoms with Gasteiger partial charge in [-0.15, -0.1) is 0 Å². The standard InChI is InChI=1S/C14H14FN3O3/c1-8-16-13(17-21-8)14(20)18-7-11(19)6-12(18)9-3-2-4-10(15)5-9/h2-5,11-12,19H,6-7H2,1H3/t11-,12-/m0/s1. The molecular weight excluding hydrogens is 277 g/mol. The second kappa shape index (κ2) is 5.25. The third-order valence-electron chi connectivity index (χ3n) is 3.49. The van der Waals surface area contributed by atoms with Crippen LogP contribution in [0.5, 0.6) is 0 Å². The molecule has 0 spiro atoms. The van der Waals surface area contributed by atoms with Crippen molar-refractivity contribution in [1.82, 2.24) is 15.0 Å². The zero-order chi connectivity index (χ0) is 15.0. The van der Waals surface area contributed by atoms with E-state index in [1.807, 2.05) is 0 Å². The number of aromatic nitrogens is 2. The summed E-state index contributed by atoms with van der Waals surface area (Å²) in [5, 5.41) is 13.4. The highest BCUT2D eigenvalue weighted by Gasteiger charge is 2.37. The van der Waals surface area contributed by atoms with Gasteiger partial charge in [0.1, 0.15) is 5.82 Å². The molecule has 1 amide bonds. The van der Waals surface area contributed by atoms with Gasteiger partial charge in [0.25, 0.3) is 11.7 Å². The smallest absolute Gasteiger partial charge is 0.295 e. The lowest BCUT2D eigenvalue weighted by molar-refractivity contribution is 0.0700. The number of amides is 1. The fourth-order valence-electron chi connectivity index (χ4n) is 2.58. The van der Waals surface area contributed by atoms with Crippen molar-refractivity contribution in [3.63, 3.8) is 0 Å². The maximum Gasteiger partial charge on any atom is 0.295 e. The number of likely N-dealkylation sites (tertiary alicyclic amines) is 1. The molecule has 7 heteroatoms. The van der Waals surface area contributed by atoms with Crippen LogP contribution in [-0.2, 0) is 0 Å². The molecule has 110 valence electrons. The van der Waals surface area contributed by atoms with Crippen LogP contribution in [0, 0.1) is 12.7 Å². The lowest BCUT2D eigenvalue weighted by Crippen LogP contribution is -2.32. The number of nitrogens with zero attached hydrogens (tertiary/aromatic N) is 3. The van der Waals surface area contributed by atoms with Gasteiger partial charge < -0.3 is 14.5 Å². The molecule has 1 aromatic carbocycles. The molecule has 0 aliphatic carbocycles. The van der Waals surface area contributed by atoms with E-state index in [4.69, 9.17) is 4.52 Å². The summed E-state index contributed by atoms with van der Waals surface area (Å²) in [5.74, 6) is -0.572. The fraction of sp³-hybridized carbons (Fsp3) is 0.357. The SMILES string of the molecule is Cc1nc(C(=O)N2C[C@@H](O)C[C@H]2c2cccc(F)c2)no1. The largest absolute Gasteiger partial charge is 0.391 e. The lowest BCUT2D eigenvalue weighted by atomic mass is 10.0. The number of halogens is 1. The Morgan fingerprint density at radius 2 is 2.33 bits per heavy atom.